The first-order valence-corrected chi connectivity index (χ1v) is 2.24. The fourth-order valence-electron chi connectivity index (χ4n) is 0.435. The molecule has 0 radical (unpaired) electrons. The van der Waals surface area contributed by atoms with Crippen LogP contribution >= 0.6 is 0 Å². The van der Waals surface area contributed by atoms with Crippen LogP contribution in [0.1, 0.15) is 5.56 Å². The van der Waals surface area contributed by atoms with Gasteiger partial charge in [-0.25, -0.2) is 0 Å². The second-order valence-electron chi connectivity index (χ2n) is 1.38. The van der Waals surface area contributed by atoms with Crippen LogP contribution in [-0.2, 0) is 6.42 Å². The summed E-state index contributed by atoms with van der Waals surface area (Å²) in [7, 11) is 0. The van der Waals surface area contributed by atoms with Crippen LogP contribution in [0.5, 0.6) is 0 Å². The van der Waals surface area contributed by atoms with Crippen LogP contribution < -0.4 is 18.9 Å². The van der Waals surface area contributed by atoms with E-state index in [1.807, 2.05) is 6.07 Å². The fourth-order valence-corrected chi connectivity index (χ4v) is 0.435. The van der Waals surface area contributed by atoms with Crippen LogP contribution in [0, 0.1) is 6.92 Å². The predicted molar refractivity (Wildman–Crippen MR) is 27.8 cm³/mol. The average molecular weight is 102 g/mol. The van der Waals surface area contributed by atoms with Crippen molar-refractivity contribution >= 4 is 0 Å². The Morgan fingerprint density at radius 3 is 2.62 bits per heavy atom. The molecule has 0 aromatic carbocycles. The molecule has 0 aliphatic rings. The van der Waals surface area contributed by atoms with Gasteiger partial charge in [-0.15, -0.1) is 0 Å². The van der Waals surface area contributed by atoms with Gasteiger partial charge in [0.15, 0.2) is 0 Å². The fraction of sp³-hybridized carbons (Fsp3) is 0.167. The summed E-state index contributed by atoms with van der Waals surface area (Å²) in [5.41, 5.74) is 1.15. The average Bonchev–Trinajstić information content (AvgIpc) is 2.14. The van der Waals surface area contributed by atoms with Crippen LogP contribution in [-0.4, -0.2) is 0 Å². The molecular formula is C6H7LiO. The number of furan rings is 1. The first kappa shape index (κ1) is 7.88. The van der Waals surface area contributed by atoms with E-state index in [4.69, 9.17) is 4.42 Å². The van der Waals surface area contributed by atoms with Gasteiger partial charge in [0.1, 0.15) is 0 Å². The largest absolute Gasteiger partial charge is 1.00 e. The molecule has 0 unspecified atom stereocenters. The summed E-state index contributed by atoms with van der Waals surface area (Å²) in [6.07, 6.45) is 4.17. The maximum absolute atomic E-state index is 4.77. The van der Waals surface area contributed by atoms with Crippen molar-refractivity contribution in [2.24, 2.45) is 0 Å². The molecule has 0 N–H and O–H groups in total. The van der Waals surface area contributed by atoms with Crippen LogP contribution in [0.2, 0.25) is 0 Å². The molecule has 1 rings (SSSR count). The zero-order valence-electron chi connectivity index (χ0n) is 5.05. The topological polar surface area (TPSA) is 13.1 Å². The summed E-state index contributed by atoms with van der Waals surface area (Å²) in [6.45, 7) is 3.67. The van der Waals surface area contributed by atoms with Crippen LogP contribution in [0.25, 0.3) is 0 Å². The van der Waals surface area contributed by atoms with E-state index in [0.29, 0.717) is 0 Å². The van der Waals surface area contributed by atoms with Crippen molar-refractivity contribution in [1.82, 2.24) is 0 Å². The van der Waals surface area contributed by atoms with Crippen molar-refractivity contribution in [3.63, 3.8) is 0 Å². The summed E-state index contributed by atoms with van der Waals surface area (Å²) in [5, 5.41) is 0. The quantitative estimate of drug-likeness (QED) is 0.316. The van der Waals surface area contributed by atoms with Crippen LogP contribution in [0.15, 0.2) is 23.0 Å². The number of hydrogen-bond donors (Lipinski definition) is 0. The van der Waals surface area contributed by atoms with E-state index in [2.05, 4.69) is 6.92 Å². The Hall–Kier alpha value is -0.123. The van der Waals surface area contributed by atoms with Crippen molar-refractivity contribution in [3.8, 4) is 0 Å². The summed E-state index contributed by atoms with van der Waals surface area (Å²) >= 11 is 0. The third-order valence-corrected chi connectivity index (χ3v) is 0.869. The van der Waals surface area contributed by atoms with Crippen molar-refractivity contribution < 1.29 is 23.3 Å². The van der Waals surface area contributed by atoms with Gasteiger partial charge in [0.2, 0.25) is 0 Å². The van der Waals surface area contributed by atoms with Gasteiger partial charge in [-0.3, -0.25) is 0 Å². The minimum Gasteiger partial charge on any atom is -0.472 e. The van der Waals surface area contributed by atoms with E-state index in [0.717, 1.165) is 12.0 Å². The Bertz CT molecular complexity index is 123. The van der Waals surface area contributed by atoms with Gasteiger partial charge in [0.25, 0.3) is 0 Å². The van der Waals surface area contributed by atoms with E-state index < -0.39 is 0 Å². The summed E-state index contributed by atoms with van der Waals surface area (Å²) in [6, 6.07) is 1.91. The first-order chi connectivity index (χ1) is 3.43. The third kappa shape index (κ3) is 1.77. The van der Waals surface area contributed by atoms with Gasteiger partial charge in [0.05, 0.1) is 12.5 Å². The van der Waals surface area contributed by atoms with Crippen molar-refractivity contribution in [1.29, 1.82) is 0 Å². The second-order valence-corrected chi connectivity index (χ2v) is 1.38. The third-order valence-electron chi connectivity index (χ3n) is 0.869. The van der Waals surface area contributed by atoms with Gasteiger partial charge in [-0.1, -0.05) is 0 Å². The van der Waals surface area contributed by atoms with Gasteiger partial charge in [-0.05, 0) is 11.6 Å². The molecule has 0 fully saturated rings. The zero-order chi connectivity index (χ0) is 5.11. The molecule has 0 saturated carbocycles. The van der Waals surface area contributed by atoms with Crippen molar-refractivity contribution in [2.75, 3.05) is 0 Å². The molecule has 38 valence electrons. The second kappa shape index (κ2) is 3.83. The first-order valence-electron chi connectivity index (χ1n) is 2.24. The van der Waals surface area contributed by atoms with E-state index in [1.54, 1.807) is 12.5 Å². The molecule has 0 aliphatic heterocycles. The molecule has 1 nitrogen and oxygen atoms in total. The van der Waals surface area contributed by atoms with Gasteiger partial charge < -0.3 is 11.3 Å². The van der Waals surface area contributed by atoms with E-state index in [1.165, 1.54) is 0 Å². The standard InChI is InChI=1S/C6H7O.Li/c1-2-6-3-4-7-5-6;/h3-5H,1-2H2;/q-1;+1. The molecule has 1 aromatic heterocycles. The van der Waals surface area contributed by atoms with Gasteiger partial charge >= 0.3 is 18.9 Å². The monoisotopic (exact) mass is 102 g/mol. The normalized spacial score (nSPS) is 8.12. The Morgan fingerprint density at radius 2 is 2.38 bits per heavy atom. The smallest absolute Gasteiger partial charge is 0.472 e. The van der Waals surface area contributed by atoms with E-state index in [-0.39, 0.29) is 18.9 Å². The number of hydrogen-bond acceptors (Lipinski definition) is 1. The Kier molecular flexibility index (Phi) is 3.77. The van der Waals surface area contributed by atoms with Gasteiger partial charge in [-0.2, -0.15) is 6.42 Å². The summed E-state index contributed by atoms with van der Waals surface area (Å²) < 4.78 is 4.77. The van der Waals surface area contributed by atoms with E-state index >= 15 is 0 Å². The molecular weight excluding hydrogens is 95.0 g/mol. The molecule has 8 heavy (non-hydrogen) atoms. The molecule has 0 atom stereocenters. The Labute approximate surface area is 61.3 Å². The summed E-state index contributed by atoms with van der Waals surface area (Å²) in [5.74, 6) is 0. The molecule has 0 amide bonds. The molecule has 1 heterocycles. The maximum Gasteiger partial charge on any atom is 1.00 e. The zero-order valence-corrected chi connectivity index (χ0v) is 5.05. The van der Waals surface area contributed by atoms with Crippen molar-refractivity contribution in [3.05, 3.63) is 31.1 Å². The molecule has 0 bridgehead atoms. The Balaban J connectivity index is 0.000000490. The SMILES string of the molecule is [CH2-]Cc1ccoc1.[Li+]. The molecule has 2 heteroatoms. The maximum atomic E-state index is 4.77. The Morgan fingerprint density at radius 1 is 1.62 bits per heavy atom. The molecule has 0 saturated heterocycles. The van der Waals surface area contributed by atoms with E-state index in [9.17, 15) is 0 Å². The minimum atomic E-state index is 0. The predicted octanol–water partition coefficient (Wildman–Crippen LogP) is -1.34. The molecule has 0 aliphatic carbocycles. The van der Waals surface area contributed by atoms with Crippen molar-refractivity contribution in [2.45, 2.75) is 6.42 Å². The van der Waals surface area contributed by atoms with Gasteiger partial charge in [0, 0.05) is 0 Å². The van der Waals surface area contributed by atoms with Crippen LogP contribution in [0.4, 0.5) is 0 Å². The molecule has 0 spiro atoms. The molecule has 1 aromatic rings. The minimum absolute atomic E-state index is 0. The number of rotatable bonds is 1. The summed E-state index contributed by atoms with van der Waals surface area (Å²) in [4.78, 5) is 0. The van der Waals surface area contributed by atoms with Crippen LogP contribution in [0.3, 0.4) is 0 Å².